The van der Waals surface area contributed by atoms with Crippen LogP contribution in [-0.4, -0.2) is 95.7 Å². The zero-order valence-electron chi connectivity index (χ0n) is 57.5. The van der Waals surface area contributed by atoms with Crippen LogP contribution in [0.3, 0.4) is 0 Å². The number of aromatic nitrogens is 2. The molecule has 0 radical (unpaired) electrons. The van der Waals surface area contributed by atoms with Gasteiger partial charge in [-0.15, -0.1) is 0 Å². The summed E-state index contributed by atoms with van der Waals surface area (Å²) in [4.78, 5) is 82.0. The number of carboxylic acid groups (broad SMARTS) is 1. The zero-order valence-corrected chi connectivity index (χ0v) is 57.5. The first-order chi connectivity index (χ1) is 46.9. The summed E-state index contributed by atoms with van der Waals surface area (Å²) in [6, 6.07) is -2.64. The second kappa shape index (κ2) is 33.6. The molecule has 0 bridgehead atoms. The molecule has 0 aliphatic carbocycles. The van der Waals surface area contributed by atoms with Crippen molar-refractivity contribution >= 4 is 23.8 Å². The van der Waals surface area contributed by atoms with Gasteiger partial charge < -0.3 is 39.4 Å². The van der Waals surface area contributed by atoms with E-state index in [2.05, 4.69) is 10.6 Å². The molecular weight excluding hydrogens is 1390 g/mol. The van der Waals surface area contributed by atoms with E-state index in [1.165, 1.54) is 33.8 Å². The number of benzene rings is 4. The van der Waals surface area contributed by atoms with Crippen LogP contribution < -0.4 is 21.8 Å². The molecule has 0 aliphatic heterocycles. The first-order valence-corrected chi connectivity index (χ1v) is 31.6. The number of halogens is 18. The van der Waals surface area contributed by atoms with Crippen molar-refractivity contribution in [2.75, 3.05) is 47.9 Å². The largest absolute Gasteiger partial charge is 0.481 e. The normalized spacial score (nSPS) is 13.5. The molecule has 2 amide bonds. The molecular formula is C70H76F18N6O8. The van der Waals surface area contributed by atoms with E-state index in [-0.39, 0.29) is 102 Å². The summed E-state index contributed by atoms with van der Waals surface area (Å²) in [7, 11) is 6.40. The number of alkyl halides is 12. The van der Waals surface area contributed by atoms with Gasteiger partial charge in [-0.3, -0.25) is 28.8 Å². The van der Waals surface area contributed by atoms with Gasteiger partial charge in [-0.1, -0.05) is 39.8 Å². The maximum atomic E-state index is 16.6. The van der Waals surface area contributed by atoms with E-state index >= 15 is 17.6 Å². The molecule has 560 valence electrons. The Bertz CT molecular complexity index is 4200. The molecule has 2 unspecified atom stereocenters. The van der Waals surface area contributed by atoms with Gasteiger partial charge in [-0.25, -0.2) is 26.3 Å². The Kier molecular flexibility index (Phi) is 27.7. The number of carboxylic acids is 1. The monoisotopic (exact) mass is 1470 g/mol. The van der Waals surface area contributed by atoms with Crippen molar-refractivity contribution in [3.63, 3.8) is 0 Å². The van der Waals surface area contributed by atoms with Crippen LogP contribution in [-0.2, 0) is 61.5 Å². The third-order valence-corrected chi connectivity index (χ3v) is 16.5. The van der Waals surface area contributed by atoms with Crippen LogP contribution in [0.1, 0.15) is 151 Å². The predicted octanol–water partition coefficient (Wildman–Crippen LogP) is 15.7. The quantitative estimate of drug-likeness (QED) is 0.0370. The highest BCUT2D eigenvalue weighted by Crippen LogP contribution is 2.45. The molecule has 32 heteroatoms. The van der Waals surface area contributed by atoms with Crippen LogP contribution in [0.25, 0.3) is 22.3 Å². The Hall–Kier alpha value is -8.68. The number of rotatable bonds is 25. The maximum absolute atomic E-state index is 16.6. The molecule has 0 fully saturated rings. The highest BCUT2D eigenvalue weighted by atomic mass is 19.4. The number of nitrogens with one attached hydrogen (secondary N) is 2. The summed E-state index contributed by atoms with van der Waals surface area (Å²) in [5, 5.41) is 13.9. The molecule has 3 N–H and O–H groups in total. The number of esters is 1. The number of carbonyl (C=O) groups excluding carboxylic acids is 3. The van der Waals surface area contributed by atoms with Gasteiger partial charge in [0.1, 0.15) is 47.0 Å². The number of aliphatic carboxylic acids is 1. The van der Waals surface area contributed by atoms with Crippen molar-refractivity contribution in [2.24, 2.45) is 11.8 Å². The van der Waals surface area contributed by atoms with Crippen LogP contribution >= 0.6 is 0 Å². The molecule has 4 atom stereocenters. The van der Waals surface area contributed by atoms with Gasteiger partial charge in [0.15, 0.2) is 0 Å². The second-order valence-electron chi connectivity index (χ2n) is 25.8. The molecule has 0 saturated carbocycles. The Balaban J connectivity index is 0.000000367. The fourth-order valence-corrected chi connectivity index (χ4v) is 11.6. The maximum Gasteiger partial charge on any atom is 0.419 e. The SMILES string of the molecule is CCOC(=O)C[C@H](NC(=O)C(CC(C)C)n1cc(CCN(C)C)c(C(F)(F)F)cc1=O)c1c(F)c(-c2c(C)ccc(F)c2C)cc(C(F)(F)F)c1F.Cc1ccc(F)c(C)c1-c1cc(C(F)(F)F)c(F)c([C@H](CC(=O)O)NC(=O)C(CC(C)C)n2cc(CCN(C)C)c(C(F)(F)F)cc2=O)c1F. The van der Waals surface area contributed by atoms with Gasteiger partial charge in [-0.2, -0.15) is 52.7 Å². The number of aryl methyl sites for hydroxylation is 2. The van der Waals surface area contributed by atoms with Gasteiger partial charge in [-0.05, 0) is 169 Å². The van der Waals surface area contributed by atoms with Crippen molar-refractivity contribution in [1.82, 2.24) is 29.6 Å². The number of carbonyl (C=O) groups is 4. The number of amides is 2. The minimum absolute atomic E-state index is 0.0936. The number of pyridine rings is 2. The summed E-state index contributed by atoms with van der Waals surface area (Å²) < 4.78 is 269. The lowest BCUT2D eigenvalue weighted by atomic mass is 9.89. The standard InChI is InChI=1S/C36H40F9N3O4.C34H36F9N3O4/c1-8-52-29(50)16-26(31-32(38)22(14-24(33(31)39)36(43,44)45)30-19(4)9-10-25(37)20(30)5)46-34(51)27(13-18(2)3)48-17-21(11-12-47(6)7)23(15-28(48)49)35(40,41)42;1-16(2)11-25(46-15-19(9-10-45(5)6)21(13-26(46)47)33(38,39)40)32(50)44-24(14-27(48)49)29-30(36)20(12-22(31(29)37)34(41,42)43)28-17(3)7-8-23(35)18(28)4/h9-10,14-15,17-18,26-27H,8,11-13,16H2,1-7H3,(H,46,51);7-8,12-13,15-16,24-25H,9-11,14H2,1-6H3,(H,44,50)(H,48,49)/t26-,27?;24-,25?/m00/s1. The molecule has 6 aromatic rings. The second-order valence-corrected chi connectivity index (χ2v) is 25.8. The van der Waals surface area contributed by atoms with Crippen LogP contribution in [0, 0.1) is 74.4 Å². The number of hydrogen-bond donors (Lipinski definition) is 3. The summed E-state index contributed by atoms with van der Waals surface area (Å²) in [5.41, 5.74) is -15.5. The molecule has 4 aromatic carbocycles. The lowest BCUT2D eigenvalue weighted by molar-refractivity contribution is -0.144. The van der Waals surface area contributed by atoms with E-state index in [1.807, 2.05) is 0 Å². The number of likely N-dealkylation sites (N-methyl/N-ethyl adjacent to an activating group) is 2. The summed E-state index contributed by atoms with van der Waals surface area (Å²) in [6.07, 6.45) is -22.5. The smallest absolute Gasteiger partial charge is 0.419 e. The van der Waals surface area contributed by atoms with Crippen molar-refractivity contribution in [3.8, 4) is 22.3 Å². The van der Waals surface area contributed by atoms with Gasteiger partial charge in [0.2, 0.25) is 11.8 Å². The van der Waals surface area contributed by atoms with E-state index in [0.717, 1.165) is 42.1 Å². The fraction of sp³-hybridized carbons (Fsp3) is 0.457. The van der Waals surface area contributed by atoms with Gasteiger partial charge in [0.25, 0.3) is 11.1 Å². The third kappa shape index (κ3) is 20.6. The highest BCUT2D eigenvalue weighted by molar-refractivity contribution is 5.84. The number of ether oxygens (including phenoxy) is 1. The Morgan fingerprint density at radius 2 is 0.843 bits per heavy atom. The molecule has 0 saturated heterocycles. The summed E-state index contributed by atoms with van der Waals surface area (Å²) >= 11 is 0. The van der Waals surface area contributed by atoms with Crippen molar-refractivity contribution in [3.05, 3.63) is 183 Å². The molecule has 0 aliphatic rings. The van der Waals surface area contributed by atoms with E-state index in [1.54, 1.807) is 65.7 Å². The molecule has 2 heterocycles. The van der Waals surface area contributed by atoms with Crippen molar-refractivity contribution in [2.45, 2.75) is 150 Å². The number of nitrogens with zero attached hydrogens (tertiary/aromatic N) is 4. The van der Waals surface area contributed by atoms with E-state index in [0.29, 0.717) is 16.7 Å². The zero-order chi connectivity index (χ0) is 77.5. The Labute approximate surface area is 574 Å². The predicted molar refractivity (Wildman–Crippen MR) is 341 cm³/mol. The molecule has 0 spiro atoms. The average molecular weight is 1470 g/mol. The topological polar surface area (TPSA) is 172 Å². The summed E-state index contributed by atoms with van der Waals surface area (Å²) in [6.45, 7) is 12.7. The van der Waals surface area contributed by atoms with Crippen molar-refractivity contribution in [1.29, 1.82) is 0 Å². The van der Waals surface area contributed by atoms with Crippen molar-refractivity contribution < 1.29 is 108 Å². The molecule has 14 nitrogen and oxygen atoms in total. The summed E-state index contributed by atoms with van der Waals surface area (Å²) in [5.74, 6) is -16.0. The van der Waals surface area contributed by atoms with Crippen LogP contribution in [0.4, 0.5) is 79.0 Å². The van der Waals surface area contributed by atoms with Gasteiger partial charge in [0.05, 0.1) is 53.8 Å². The van der Waals surface area contributed by atoms with E-state index in [9.17, 15) is 95.3 Å². The number of hydrogen-bond acceptors (Lipinski definition) is 9. The lowest BCUT2D eigenvalue weighted by Gasteiger charge is -2.28. The highest BCUT2D eigenvalue weighted by Gasteiger charge is 2.44. The van der Waals surface area contributed by atoms with Gasteiger partial charge in [0, 0.05) is 59.9 Å². The van der Waals surface area contributed by atoms with Crippen LogP contribution in [0.15, 0.2) is 70.5 Å². The van der Waals surface area contributed by atoms with E-state index < -0.39 is 188 Å². The fourth-order valence-electron chi connectivity index (χ4n) is 11.6. The Morgan fingerprint density at radius 1 is 0.510 bits per heavy atom. The molecule has 102 heavy (non-hydrogen) atoms. The minimum atomic E-state index is -5.47. The average Bonchev–Trinajstić information content (AvgIpc) is 0.758. The van der Waals surface area contributed by atoms with Crippen LogP contribution in [0.2, 0.25) is 0 Å². The van der Waals surface area contributed by atoms with Gasteiger partial charge >= 0.3 is 36.6 Å². The van der Waals surface area contributed by atoms with E-state index in [4.69, 9.17) is 4.74 Å². The minimum Gasteiger partial charge on any atom is -0.481 e. The molecule has 2 aromatic heterocycles. The lowest BCUT2D eigenvalue weighted by Crippen LogP contribution is -2.41. The first kappa shape index (κ1) is 84.0. The Morgan fingerprint density at radius 3 is 1.14 bits per heavy atom. The molecule has 6 rings (SSSR count). The van der Waals surface area contributed by atoms with Crippen LogP contribution in [0.5, 0.6) is 0 Å². The first-order valence-electron chi connectivity index (χ1n) is 31.6. The third-order valence-electron chi connectivity index (χ3n) is 16.5.